The second-order valence-electron chi connectivity index (χ2n) is 4.01. The van der Waals surface area contributed by atoms with E-state index in [4.69, 9.17) is 0 Å². The van der Waals surface area contributed by atoms with Crippen molar-refractivity contribution in [2.75, 3.05) is 12.4 Å². The van der Waals surface area contributed by atoms with Gasteiger partial charge in [0.1, 0.15) is 0 Å². The van der Waals surface area contributed by atoms with Crippen LogP contribution in [0, 0.1) is 0 Å². The van der Waals surface area contributed by atoms with Gasteiger partial charge in [0, 0.05) is 18.3 Å². The van der Waals surface area contributed by atoms with Crippen LogP contribution in [-0.4, -0.2) is 27.3 Å². The summed E-state index contributed by atoms with van der Waals surface area (Å²) in [7, 11) is 1.91. The first kappa shape index (κ1) is 9.33. The van der Waals surface area contributed by atoms with E-state index in [0.29, 0.717) is 6.04 Å². The zero-order valence-corrected chi connectivity index (χ0v) is 9.09. The molecule has 16 heavy (non-hydrogen) atoms. The lowest BCUT2D eigenvalue weighted by atomic mass is 10.2. The predicted molar refractivity (Wildman–Crippen MR) is 61.1 cm³/mol. The lowest BCUT2D eigenvalue weighted by Gasteiger charge is -2.04. The summed E-state index contributed by atoms with van der Waals surface area (Å²) in [5.74, 6) is 0.861. The highest BCUT2D eigenvalue weighted by molar-refractivity contribution is 5.62. The molecule has 0 radical (unpaired) electrons. The standard InChI is InChI=1S/C11H13N5/c1-12-9-4-2-3-8(7-9)11-13-14-15-16(11)10-5-6-10/h2-4,7,10,12H,5-6H2,1H3. The molecule has 1 aliphatic rings. The van der Waals surface area contributed by atoms with Crippen molar-refractivity contribution in [1.29, 1.82) is 0 Å². The minimum Gasteiger partial charge on any atom is -0.388 e. The molecule has 82 valence electrons. The van der Waals surface area contributed by atoms with Gasteiger partial charge in [-0.2, -0.15) is 0 Å². The van der Waals surface area contributed by atoms with Crippen LogP contribution in [0.15, 0.2) is 24.3 Å². The summed E-state index contributed by atoms with van der Waals surface area (Å²) in [6, 6.07) is 8.63. The summed E-state index contributed by atoms with van der Waals surface area (Å²) >= 11 is 0. The van der Waals surface area contributed by atoms with Crippen LogP contribution in [0.5, 0.6) is 0 Å². The third kappa shape index (κ3) is 1.54. The van der Waals surface area contributed by atoms with E-state index >= 15 is 0 Å². The number of nitrogens with one attached hydrogen (secondary N) is 1. The number of benzene rings is 1. The predicted octanol–water partition coefficient (Wildman–Crippen LogP) is 1.72. The average molecular weight is 215 g/mol. The molecule has 0 spiro atoms. The van der Waals surface area contributed by atoms with Crippen LogP contribution in [0.4, 0.5) is 5.69 Å². The molecule has 0 saturated heterocycles. The summed E-state index contributed by atoms with van der Waals surface area (Å²) in [5, 5.41) is 15.0. The van der Waals surface area contributed by atoms with Crippen LogP contribution >= 0.6 is 0 Å². The molecular formula is C11H13N5. The molecule has 0 bridgehead atoms. The maximum absolute atomic E-state index is 4.10. The maximum atomic E-state index is 4.10. The highest BCUT2D eigenvalue weighted by Gasteiger charge is 2.28. The highest BCUT2D eigenvalue weighted by atomic mass is 15.6. The molecule has 1 aromatic heterocycles. The van der Waals surface area contributed by atoms with E-state index in [1.54, 1.807) is 0 Å². The molecule has 1 N–H and O–H groups in total. The lowest BCUT2D eigenvalue weighted by molar-refractivity contribution is 0.615. The Balaban J connectivity index is 2.03. The molecule has 1 fully saturated rings. The number of rotatable bonds is 3. The normalized spacial score (nSPS) is 15.1. The molecule has 1 aromatic carbocycles. The van der Waals surface area contributed by atoms with E-state index in [0.717, 1.165) is 17.1 Å². The van der Waals surface area contributed by atoms with Crippen LogP contribution in [0.25, 0.3) is 11.4 Å². The fraction of sp³-hybridized carbons (Fsp3) is 0.364. The Morgan fingerprint density at radius 1 is 1.38 bits per heavy atom. The van der Waals surface area contributed by atoms with Crippen molar-refractivity contribution in [3.8, 4) is 11.4 Å². The minimum absolute atomic E-state index is 0.503. The minimum atomic E-state index is 0.503. The first-order chi connectivity index (χ1) is 7.88. The monoisotopic (exact) mass is 215 g/mol. The third-order valence-corrected chi connectivity index (χ3v) is 2.80. The Bertz CT molecular complexity index is 501. The van der Waals surface area contributed by atoms with E-state index in [9.17, 15) is 0 Å². The van der Waals surface area contributed by atoms with Crippen molar-refractivity contribution in [1.82, 2.24) is 20.2 Å². The number of tetrazole rings is 1. The summed E-state index contributed by atoms with van der Waals surface area (Å²) in [4.78, 5) is 0. The van der Waals surface area contributed by atoms with Crippen molar-refractivity contribution in [2.45, 2.75) is 18.9 Å². The fourth-order valence-electron chi connectivity index (χ4n) is 1.76. The average Bonchev–Trinajstić information content (AvgIpc) is 3.07. The van der Waals surface area contributed by atoms with Crippen molar-refractivity contribution in [2.24, 2.45) is 0 Å². The SMILES string of the molecule is CNc1cccc(-c2nnnn2C2CC2)c1. The molecule has 5 heteroatoms. The largest absolute Gasteiger partial charge is 0.388 e. The quantitative estimate of drug-likeness (QED) is 0.847. The van der Waals surface area contributed by atoms with Gasteiger partial charge in [0.05, 0.1) is 6.04 Å². The Morgan fingerprint density at radius 3 is 3.00 bits per heavy atom. The fourth-order valence-corrected chi connectivity index (χ4v) is 1.76. The first-order valence-corrected chi connectivity index (χ1v) is 5.44. The van der Waals surface area contributed by atoms with Gasteiger partial charge >= 0.3 is 0 Å². The Morgan fingerprint density at radius 2 is 2.25 bits per heavy atom. The van der Waals surface area contributed by atoms with Gasteiger partial charge in [-0.1, -0.05) is 12.1 Å². The molecule has 0 aliphatic heterocycles. The van der Waals surface area contributed by atoms with Gasteiger partial charge in [0.15, 0.2) is 5.82 Å². The zero-order chi connectivity index (χ0) is 11.0. The van der Waals surface area contributed by atoms with Crippen molar-refractivity contribution in [3.05, 3.63) is 24.3 Å². The molecular weight excluding hydrogens is 202 g/mol. The second kappa shape index (κ2) is 3.59. The van der Waals surface area contributed by atoms with Gasteiger partial charge in [-0.3, -0.25) is 0 Å². The third-order valence-electron chi connectivity index (χ3n) is 2.80. The summed E-state index contributed by atoms with van der Waals surface area (Å²) in [5.41, 5.74) is 2.13. The molecule has 0 atom stereocenters. The van der Waals surface area contributed by atoms with E-state index in [1.165, 1.54) is 12.8 Å². The molecule has 1 saturated carbocycles. The molecule has 3 rings (SSSR count). The zero-order valence-electron chi connectivity index (χ0n) is 9.09. The highest BCUT2D eigenvalue weighted by Crippen LogP contribution is 2.36. The van der Waals surface area contributed by atoms with E-state index in [1.807, 2.05) is 29.9 Å². The van der Waals surface area contributed by atoms with Crippen LogP contribution in [0.3, 0.4) is 0 Å². The van der Waals surface area contributed by atoms with Gasteiger partial charge in [-0.15, -0.1) is 5.10 Å². The van der Waals surface area contributed by atoms with E-state index in [2.05, 4.69) is 26.9 Å². The van der Waals surface area contributed by atoms with E-state index < -0.39 is 0 Å². The van der Waals surface area contributed by atoms with Gasteiger partial charge in [-0.25, -0.2) is 4.68 Å². The molecule has 2 aromatic rings. The smallest absolute Gasteiger partial charge is 0.182 e. The topological polar surface area (TPSA) is 55.6 Å². The lowest BCUT2D eigenvalue weighted by Crippen LogP contribution is -2.00. The molecule has 0 unspecified atom stereocenters. The van der Waals surface area contributed by atoms with Crippen molar-refractivity contribution in [3.63, 3.8) is 0 Å². The maximum Gasteiger partial charge on any atom is 0.182 e. The number of aromatic nitrogens is 4. The second-order valence-corrected chi connectivity index (χ2v) is 4.01. The Labute approximate surface area is 93.5 Å². The van der Waals surface area contributed by atoms with Crippen molar-refractivity contribution >= 4 is 5.69 Å². The van der Waals surface area contributed by atoms with Crippen molar-refractivity contribution < 1.29 is 0 Å². The molecule has 5 nitrogen and oxygen atoms in total. The van der Waals surface area contributed by atoms with Gasteiger partial charge < -0.3 is 5.32 Å². The molecule has 1 heterocycles. The van der Waals surface area contributed by atoms with Crippen LogP contribution < -0.4 is 5.32 Å². The van der Waals surface area contributed by atoms with Crippen LogP contribution in [-0.2, 0) is 0 Å². The summed E-state index contributed by atoms with van der Waals surface area (Å²) in [6.45, 7) is 0. The number of hydrogen-bond donors (Lipinski definition) is 1. The summed E-state index contributed by atoms with van der Waals surface area (Å²) in [6.07, 6.45) is 2.37. The molecule has 1 aliphatic carbocycles. The molecule has 0 amide bonds. The Hall–Kier alpha value is -1.91. The van der Waals surface area contributed by atoms with Gasteiger partial charge in [-0.05, 0) is 35.4 Å². The first-order valence-electron chi connectivity index (χ1n) is 5.44. The summed E-state index contributed by atoms with van der Waals surface area (Å²) < 4.78 is 1.93. The number of hydrogen-bond acceptors (Lipinski definition) is 4. The van der Waals surface area contributed by atoms with Gasteiger partial charge in [0.2, 0.25) is 0 Å². The van der Waals surface area contributed by atoms with Crippen LogP contribution in [0.2, 0.25) is 0 Å². The van der Waals surface area contributed by atoms with Crippen LogP contribution in [0.1, 0.15) is 18.9 Å². The number of nitrogens with zero attached hydrogens (tertiary/aromatic N) is 4. The van der Waals surface area contributed by atoms with E-state index in [-0.39, 0.29) is 0 Å². The van der Waals surface area contributed by atoms with Gasteiger partial charge in [0.25, 0.3) is 0 Å². The number of anilines is 1. The Kier molecular flexibility index (Phi) is 2.09.